The average Bonchev–Trinajstić information content (AvgIpc) is 2.58. The van der Waals surface area contributed by atoms with Gasteiger partial charge in [-0.25, -0.2) is 0 Å². The van der Waals surface area contributed by atoms with Crippen LogP contribution in [0.5, 0.6) is 11.5 Å². The van der Waals surface area contributed by atoms with Crippen LogP contribution in [0.4, 0.5) is 5.69 Å². The van der Waals surface area contributed by atoms with Crippen LogP contribution in [0.3, 0.4) is 0 Å². The van der Waals surface area contributed by atoms with E-state index in [9.17, 15) is 4.79 Å². The SMILES string of the molecule is COc1ccc(C(=O)CCc2cccc([N+](C)(C)C)c2)cc1OC.[Br-]. The number of quaternary nitrogens is 1. The Labute approximate surface area is 160 Å². The number of nitrogens with zero attached hydrogens (tertiary/aromatic N) is 1. The highest BCUT2D eigenvalue weighted by Crippen LogP contribution is 2.28. The highest BCUT2D eigenvalue weighted by atomic mass is 79.9. The van der Waals surface area contributed by atoms with Crippen molar-refractivity contribution in [2.75, 3.05) is 35.4 Å². The Morgan fingerprint density at radius 1 is 0.960 bits per heavy atom. The summed E-state index contributed by atoms with van der Waals surface area (Å²) in [5.74, 6) is 1.31. The van der Waals surface area contributed by atoms with Gasteiger partial charge in [-0.1, -0.05) is 12.1 Å². The zero-order valence-electron chi connectivity index (χ0n) is 15.5. The Morgan fingerprint density at radius 2 is 1.64 bits per heavy atom. The summed E-state index contributed by atoms with van der Waals surface area (Å²) in [6, 6.07) is 13.7. The van der Waals surface area contributed by atoms with E-state index in [-0.39, 0.29) is 22.8 Å². The van der Waals surface area contributed by atoms with E-state index in [4.69, 9.17) is 9.47 Å². The summed E-state index contributed by atoms with van der Waals surface area (Å²) >= 11 is 0. The molecule has 2 aromatic rings. The lowest BCUT2D eigenvalue weighted by Crippen LogP contribution is -3.00. The number of aryl methyl sites for hydroxylation is 1. The standard InChI is InChI=1S/C20H26NO3.BrH/c1-21(2,3)17-8-6-7-15(13-17)9-11-18(22)16-10-12-19(23-4)20(14-16)24-5;/h6-8,10,12-14H,9,11H2,1-5H3;1H/q+1;/p-1. The van der Waals surface area contributed by atoms with Crippen LogP contribution >= 0.6 is 0 Å². The van der Waals surface area contributed by atoms with E-state index in [2.05, 4.69) is 45.4 Å². The molecule has 136 valence electrons. The normalized spacial score (nSPS) is 10.8. The molecule has 0 fully saturated rings. The Bertz CT molecular complexity index is 723. The van der Waals surface area contributed by atoms with Crippen LogP contribution in [0.15, 0.2) is 42.5 Å². The van der Waals surface area contributed by atoms with E-state index in [0.717, 1.165) is 10.9 Å². The molecule has 0 N–H and O–H groups in total. The molecule has 0 heterocycles. The zero-order chi connectivity index (χ0) is 17.7. The molecule has 2 rings (SSSR count). The first kappa shape index (κ1) is 21.2. The largest absolute Gasteiger partial charge is 1.00 e. The highest BCUT2D eigenvalue weighted by molar-refractivity contribution is 5.96. The van der Waals surface area contributed by atoms with Gasteiger partial charge in [0.2, 0.25) is 0 Å². The van der Waals surface area contributed by atoms with Gasteiger partial charge < -0.3 is 26.5 Å². The van der Waals surface area contributed by atoms with Crippen molar-refractivity contribution in [1.29, 1.82) is 0 Å². The molecule has 0 unspecified atom stereocenters. The number of carbonyl (C=O) groups excluding carboxylic acids is 1. The first-order valence-corrected chi connectivity index (χ1v) is 8.01. The minimum absolute atomic E-state index is 0. The lowest BCUT2D eigenvalue weighted by Gasteiger charge is -2.23. The second-order valence-corrected chi connectivity index (χ2v) is 6.68. The van der Waals surface area contributed by atoms with Crippen LogP contribution in [0.25, 0.3) is 0 Å². The van der Waals surface area contributed by atoms with Crippen LogP contribution < -0.4 is 30.9 Å². The minimum atomic E-state index is 0. The van der Waals surface area contributed by atoms with Gasteiger partial charge in [-0.3, -0.25) is 9.28 Å². The van der Waals surface area contributed by atoms with E-state index >= 15 is 0 Å². The van der Waals surface area contributed by atoms with E-state index in [1.807, 2.05) is 0 Å². The predicted molar refractivity (Wildman–Crippen MR) is 98.2 cm³/mol. The monoisotopic (exact) mass is 407 g/mol. The van der Waals surface area contributed by atoms with Crippen molar-refractivity contribution >= 4 is 11.5 Å². The third-order valence-electron chi connectivity index (χ3n) is 4.03. The fourth-order valence-corrected chi connectivity index (χ4v) is 2.54. The maximum absolute atomic E-state index is 12.5. The lowest BCUT2D eigenvalue weighted by atomic mass is 10.0. The number of hydrogen-bond donors (Lipinski definition) is 0. The summed E-state index contributed by atoms with van der Waals surface area (Å²) in [5, 5.41) is 0. The zero-order valence-corrected chi connectivity index (χ0v) is 17.1. The van der Waals surface area contributed by atoms with Crippen molar-refractivity contribution in [3.05, 3.63) is 53.6 Å². The van der Waals surface area contributed by atoms with Gasteiger partial charge >= 0.3 is 0 Å². The summed E-state index contributed by atoms with van der Waals surface area (Å²) in [6.45, 7) is 0. The third kappa shape index (κ3) is 5.58. The number of ether oxygens (including phenoxy) is 2. The van der Waals surface area contributed by atoms with Gasteiger partial charge in [-0.15, -0.1) is 0 Å². The summed E-state index contributed by atoms with van der Waals surface area (Å²) in [4.78, 5) is 12.5. The molecule has 0 spiro atoms. The van der Waals surface area contributed by atoms with Gasteiger partial charge in [0, 0.05) is 18.1 Å². The van der Waals surface area contributed by atoms with E-state index in [1.165, 1.54) is 11.3 Å². The maximum Gasteiger partial charge on any atom is 0.163 e. The molecule has 25 heavy (non-hydrogen) atoms. The van der Waals surface area contributed by atoms with Gasteiger partial charge in [0.25, 0.3) is 0 Å². The van der Waals surface area contributed by atoms with Crippen LogP contribution in [-0.2, 0) is 6.42 Å². The Morgan fingerprint density at radius 3 is 2.24 bits per heavy atom. The second kappa shape index (κ2) is 9.02. The molecular weight excluding hydrogens is 382 g/mol. The van der Waals surface area contributed by atoms with Gasteiger partial charge in [-0.05, 0) is 36.2 Å². The number of ketones is 1. The molecule has 0 radical (unpaired) electrons. The molecule has 5 heteroatoms. The van der Waals surface area contributed by atoms with Crippen molar-refractivity contribution in [2.45, 2.75) is 12.8 Å². The number of rotatable bonds is 7. The molecule has 0 aliphatic heterocycles. The molecule has 0 bridgehead atoms. The van der Waals surface area contributed by atoms with Crippen LogP contribution in [-0.4, -0.2) is 41.1 Å². The second-order valence-electron chi connectivity index (χ2n) is 6.68. The van der Waals surface area contributed by atoms with E-state index in [1.54, 1.807) is 32.4 Å². The number of methoxy groups -OCH3 is 2. The van der Waals surface area contributed by atoms with Gasteiger partial charge in [0.05, 0.1) is 35.4 Å². The van der Waals surface area contributed by atoms with Gasteiger partial charge in [0.1, 0.15) is 5.69 Å². The van der Waals surface area contributed by atoms with Crippen molar-refractivity contribution in [1.82, 2.24) is 4.48 Å². The quantitative estimate of drug-likeness (QED) is 0.501. The van der Waals surface area contributed by atoms with Gasteiger partial charge in [0.15, 0.2) is 17.3 Å². The smallest absolute Gasteiger partial charge is 0.163 e. The van der Waals surface area contributed by atoms with Gasteiger partial charge in [-0.2, -0.15) is 0 Å². The van der Waals surface area contributed by atoms with Crippen LogP contribution in [0, 0.1) is 0 Å². The Balaban J connectivity index is 0.00000312. The first-order valence-electron chi connectivity index (χ1n) is 8.01. The molecule has 0 saturated heterocycles. The molecule has 0 aliphatic rings. The fourth-order valence-electron chi connectivity index (χ4n) is 2.54. The van der Waals surface area contributed by atoms with Crippen molar-refractivity contribution in [3.63, 3.8) is 0 Å². The highest BCUT2D eigenvalue weighted by Gasteiger charge is 2.14. The number of Topliss-reactive ketones (excluding diaryl/α,β-unsaturated/α-hetero) is 1. The molecule has 0 amide bonds. The molecule has 0 atom stereocenters. The Hall–Kier alpha value is -1.85. The summed E-state index contributed by atoms with van der Waals surface area (Å²) in [5.41, 5.74) is 3.05. The van der Waals surface area contributed by atoms with Crippen LogP contribution in [0.1, 0.15) is 22.3 Å². The van der Waals surface area contributed by atoms with Crippen molar-refractivity contribution in [2.24, 2.45) is 0 Å². The van der Waals surface area contributed by atoms with Crippen molar-refractivity contribution in [3.8, 4) is 11.5 Å². The summed E-state index contributed by atoms with van der Waals surface area (Å²) in [7, 11) is 9.55. The third-order valence-corrected chi connectivity index (χ3v) is 4.03. The number of carbonyl (C=O) groups is 1. The molecule has 0 saturated carbocycles. The minimum Gasteiger partial charge on any atom is -1.00 e. The Kier molecular flexibility index (Phi) is 7.64. The average molecular weight is 408 g/mol. The van der Waals surface area contributed by atoms with Crippen LogP contribution in [0.2, 0.25) is 0 Å². The first-order chi connectivity index (χ1) is 11.3. The molecule has 0 aromatic heterocycles. The summed E-state index contributed by atoms with van der Waals surface area (Å²) < 4.78 is 11.2. The van der Waals surface area contributed by atoms with E-state index < -0.39 is 0 Å². The molecular formula is C20H26BrNO3. The molecule has 0 aliphatic carbocycles. The maximum atomic E-state index is 12.5. The fraction of sp³-hybridized carbons (Fsp3) is 0.350. The topological polar surface area (TPSA) is 35.5 Å². The molecule has 4 nitrogen and oxygen atoms in total. The number of hydrogen-bond acceptors (Lipinski definition) is 3. The number of halogens is 1. The lowest BCUT2D eigenvalue weighted by molar-refractivity contribution is -0.0000135. The number of benzene rings is 2. The van der Waals surface area contributed by atoms with E-state index in [0.29, 0.717) is 23.5 Å². The summed E-state index contributed by atoms with van der Waals surface area (Å²) in [6.07, 6.45) is 1.19. The predicted octanol–water partition coefficient (Wildman–Crippen LogP) is 0.720. The molecule has 2 aromatic carbocycles. The van der Waals surface area contributed by atoms with Crippen molar-refractivity contribution < 1.29 is 31.2 Å².